The van der Waals surface area contributed by atoms with Gasteiger partial charge in [-0.1, -0.05) is 0 Å². The Morgan fingerprint density at radius 1 is 1.16 bits per heavy atom. The third kappa shape index (κ3) is 4.85. The quantitative estimate of drug-likeness (QED) is 0.713. The molecule has 3 aliphatic heterocycles. The molecule has 0 saturated carbocycles. The highest BCUT2D eigenvalue weighted by atomic mass is 19.1. The van der Waals surface area contributed by atoms with Gasteiger partial charge in [-0.15, -0.1) is 0 Å². The number of likely N-dealkylation sites (tertiary alicyclic amines) is 1. The Balaban J connectivity index is 1.22. The number of esters is 1. The van der Waals surface area contributed by atoms with Crippen LogP contribution in [0, 0.1) is 11.2 Å². The number of piperidine rings is 1. The largest absolute Gasteiger partial charge is 0.462 e. The van der Waals surface area contributed by atoms with Crippen LogP contribution in [0.5, 0.6) is 0 Å². The number of piperazine rings is 1. The van der Waals surface area contributed by atoms with Crippen molar-refractivity contribution in [3.63, 3.8) is 0 Å². The Morgan fingerprint density at radius 3 is 2.42 bits per heavy atom. The van der Waals surface area contributed by atoms with Crippen LogP contribution >= 0.6 is 0 Å². The van der Waals surface area contributed by atoms with Crippen LogP contribution in [0.25, 0.3) is 0 Å². The average Bonchev–Trinajstić information content (AvgIpc) is 3.08. The zero-order chi connectivity index (χ0) is 22.0. The number of cyclic esters (lactones) is 1. The molecule has 1 amide bonds. The van der Waals surface area contributed by atoms with Gasteiger partial charge >= 0.3 is 5.97 Å². The van der Waals surface area contributed by atoms with E-state index in [9.17, 15) is 14.0 Å². The van der Waals surface area contributed by atoms with Crippen LogP contribution in [-0.2, 0) is 14.3 Å². The van der Waals surface area contributed by atoms with Crippen molar-refractivity contribution in [2.75, 3.05) is 50.7 Å². The number of nitrogens with zero attached hydrogens (tertiary/aromatic N) is 3. The fraction of sp³-hybridized carbons (Fsp3) is 0.652. The molecule has 1 spiro atoms. The molecule has 8 heteroatoms. The lowest BCUT2D eigenvalue weighted by Gasteiger charge is -2.37. The van der Waals surface area contributed by atoms with Crippen molar-refractivity contribution in [2.24, 2.45) is 11.1 Å². The summed E-state index contributed by atoms with van der Waals surface area (Å²) in [5.41, 5.74) is 6.34. The van der Waals surface area contributed by atoms with Crippen molar-refractivity contribution in [1.29, 1.82) is 0 Å². The lowest BCUT2D eigenvalue weighted by molar-refractivity contribution is -0.152. The molecule has 0 aliphatic carbocycles. The van der Waals surface area contributed by atoms with Crippen molar-refractivity contribution in [2.45, 2.75) is 44.8 Å². The third-order valence-electron chi connectivity index (χ3n) is 7.08. The summed E-state index contributed by atoms with van der Waals surface area (Å²) in [4.78, 5) is 31.2. The summed E-state index contributed by atoms with van der Waals surface area (Å²) in [6, 6.07) is 6.16. The lowest BCUT2D eigenvalue weighted by atomic mass is 9.75. The zero-order valence-electron chi connectivity index (χ0n) is 18.3. The Hall–Kier alpha value is -2.19. The van der Waals surface area contributed by atoms with Crippen LogP contribution in [-0.4, -0.2) is 79.6 Å². The minimum absolute atomic E-state index is 0.0432. The van der Waals surface area contributed by atoms with Gasteiger partial charge in [0, 0.05) is 57.9 Å². The molecule has 1 aromatic carbocycles. The molecule has 1 aromatic rings. The monoisotopic (exact) mass is 432 g/mol. The number of amides is 1. The van der Waals surface area contributed by atoms with E-state index in [0.717, 1.165) is 51.3 Å². The Bertz CT molecular complexity index is 785. The molecule has 2 N–H and O–H groups in total. The smallest absolute Gasteiger partial charge is 0.312 e. The first-order valence-electron chi connectivity index (χ1n) is 11.3. The van der Waals surface area contributed by atoms with E-state index in [1.807, 2.05) is 12.1 Å². The molecule has 4 rings (SSSR count). The molecule has 0 bridgehead atoms. The van der Waals surface area contributed by atoms with Crippen LogP contribution in [0.2, 0.25) is 0 Å². The molecule has 7 nitrogen and oxygen atoms in total. The summed E-state index contributed by atoms with van der Waals surface area (Å²) in [6.07, 6.45) is 2.88. The first kappa shape index (κ1) is 22.0. The van der Waals surface area contributed by atoms with Crippen LogP contribution in [0.4, 0.5) is 10.1 Å². The summed E-state index contributed by atoms with van der Waals surface area (Å²) in [5.74, 6) is -0.346. The zero-order valence-corrected chi connectivity index (χ0v) is 18.3. The number of hydrogen-bond donors (Lipinski definition) is 1. The molecular formula is C23H33FN4O3. The van der Waals surface area contributed by atoms with Gasteiger partial charge in [-0.2, -0.15) is 0 Å². The van der Waals surface area contributed by atoms with E-state index in [2.05, 4.69) is 9.80 Å². The van der Waals surface area contributed by atoms with E-state index in [-0.39, 0.29) is 23.8 Å². The lowest BCUT2D eigenvalue weighted by Crippen LogP contribution is -2.49. The minimum Gasteiger partial charge on any atom is -0.462 e. The maximum Gasteiger partial charge on any atom is 0.312 e. The molecule has 2 atom stereocenters. The third-order valence-corrected chi connectivity index (χ3v) is 7.08. The van der Waals surface area contributed by atoms with Crippen molar-refractivity contribution >= 4 is 17.6 Å². The molecule has 3 fully saturated rings. The van der Waals surface area contributed by atoms with Crippen molar-refractivity contribution < 1.29 is 18.7 Å². The van der Waals surface area contributed by atoms with E-state index in [4.69, 9.17) is 10.5 Å². The maximum atomic E-state index is 13.1. The summed E-state index contributed by atoms with van der Waals surface area (Å²) in [6.45, 7) is 7.45. The SMILES string of the molecule is C[C@H](N)C(=O)N1CCC2(CC1)C[C@H](CCN1CCN(c3ccc(F)cc3)CC1)OC2=O. The number of carbonyl (C=O) groups is 2. The first-order chi connectivity index (χ1) is 14.9. The predicted octanol–water partition coefficient (Wildman–Crippen LogP) is 1.61. The fourth-order valence-corrected chi connectivity index (χ4v) is 5.06. The number of rotatable bonds is 5. The Kier molecular flexibility index (Phi) is 6.48. The number of halogens is 1. The molecular weight excluding hydrogens is 399 g/mol. The van der Waals surface area contributed by atoms with Crippen LogP contribution in [0.15, 0.2) is 24.3 Å². The molecule has 3 aliphatic rings. The van der Waals surface area contributed by atoms with Gasteiger partial charge in [-0.25, -0.2) is 4.39 Å². The number of nitrogens with two attached hydrogens (primary N) is 1. The minimum atomic E-state index is -0.499. The molecule has 3 heterocycles. The van der Waals surface area contributed by atoms with Crippen LogP contribution < -0.4 is 10.6 Å². The van der Waals surface area contributed by atoms with Gasteiger partial charge in [0.25, 0.3) is 0 Å². The van der Waals surface area contributed by atoms with Gasteiger partial charge in [-0.3, -0.25) is 14.5 Å². The van der Waals surface area contributed by atoms with Gasteiger partial charge in [-0.05, 0) is 50.5 Å². The average molecular weight is 433 g/mol. The molecule has 0 unspecified atom stereocenters. The van der Waals surface area contributed by atoms with Gasteiger partial charge in [0.15, 0.2) is 0 Å². The summed E-state index contributed by atoms with van der Waals surface area (Å²) in [7, 11) is 0. The molecule has 0 aromatic heterocycles. The second kappa shape index (κ2) is 9.12. The number of carbonyl (C=O) groups excluding carboxylic acids is 2. The highest BCUT2D eigenvalue weighted by Crippen LogP contribution is 2.44. The molecule has 0 radical (unpaired) electrons. The van der Waals surface area contributed by atoms with Gasteiger partial charge < -0.3 is 20.3 Å². The first-order valence-corrected chi connectivity index (χ1v) is 11.3. The number of benzene rings is 1. The van der Waals surface area contributed by atoms with Crippen molar-refractivity contribution in [3.05, 3.63) is 30.1 Å². The second-order valence-electron chi connectivity index (χ2n) is 9.22. The van der Waals surface area contributed by atoms with Crippen molar-refractivity contribution in [3.8, 4) is 0 Å². The number of hydrogen-bond acceptors (Lipinski definition) is 6. The topological polar surface area (TPSA) is 79.1 Å². The van der Waals surface area contributed by atoms with Gasteiger partial charge in [0.1, 0.15) is 11.9 Å². The van der Waals surface area contributed by atoms with E-state index in [1.165, 1.54) is 12.1 Å². The van der Waals surface area contributed by atoms with Crippen LogP contribution in [0.1, 0.15) is 32.6 Å². The molecule has 170 valence electrons. The number of ether oxygens (including phenoxy) is 1. The Labute approximate surface area is 183 Å². The van der Waals surface area contributed by atoms with E-state index >= 15 is 0 Å². The highest BCUT2D eigenvalue weighted by molar-refractivity contribution is 5.83. The van der Waals surface area contributed by atoms with Crippen LogP contribution in [0.3, 0.4) is 0 Å². The maximum absolute atomic E-state index is 13.1. The second-order valence-corrected chi connectivity index (χ2v) is 9.22. The van der Waals surface area contributed by atoms with E-state index in [1.54, 1.807) is 11.8 Å². The Morgan fingerprint density at radius 2 is 1.81 bits per heavy atom. The van der Waals surface area contributed by atoms with E-state index < -0.39 is 11.5 Å². The fourth-order valence-electron chi connectivity index (χ4n) is 5.06. The van der Waals surface area contributed by atoms with Gasteiger partial charge in [0.2, 0.25) is 5.91 Å². The van der Waals surface area contributed by atoms with Crippen molar-refractivity contribution in [1.82, 2.24) is 9.80 Å². The predicted molar refractivity (Wildman–Crippen MR) is 116 cm³/mol. The van der Waals surface area contributed by atoms with Gasteiger partial charge in [0.05, 0.1) is 11.5 Å². The summed E-state index contributed by atoms with van der Waals surface area (Å²) >= 11 is 0. The molecule has 3 saturated heterocycles. The summed E-state index contributed by atoms with van der Waals surface area (Å²) in [5, 5.41) is 0. The highest BCUT2D eigenvalue weighted by Gasteiger charge is 2.50. The standard InChI is InChI=1S/C23H33FN4O3/c1-17(25)21(29)28-10-7-23(8-11-28)16-20(31-22(23)30)6-9-26-12-14-27(15-13-26)19-4-2-18(24)3-5-19/h2-5,17,20H,6-16,25H2,1H3/t17-,20-/m0/s1. The normalized spacial score (nSPS) is 25.0. The number of anilines is 1. The summed E-state index contributed by atoms with van der Waals surface area (Å²) < 4.78 is 18.9. The molecule has 31 heavy (non-hydrogen) atoms. The van der Waals surface area contributed by atoms with E-state index in [0.29, 0.717) is 25.9 Å².